The summed E-state index contributed by atoms with van der Waals surface area (Å²) in [6, 6.07) is 0.345. The molecule has 3 amide bonds. The van der Waals surface area contributed by atoms with E-state index in [2.05, 4.69) is 24.5 Å². The molecule has 0 aromatic heterocycles. The van der Waals surface area contributed by atoms with E-state index in [1.807, 2.05) is 25.7 Å². The Morgan fingerprint density at radius 3 is 2.54 bits per heavy atom. The second-order valence-electron chi connectivity index (χ2n) is 9.29. The Labute approximate surface area is 158 Å². The lowest BCUT2D eigenvalue weighted by Gasteiger charge is -2.37. The smallest absolute Gasteiger partial charge is 0.407 e. The minimum Gasteiger partial charge on any atom is -0.444 e. The Morgan fingerprint density at radius 2 is 1.88 bits per heavy atom. The van der Waals surface area contributed by atoms with E-state index < -0.39 is 5.60 Å². The fourth-order valence-electron chi connectivity index (χ4n) is 4.09. The monoisotopic (exact) mass is 367 g/mol. The molecule has 0 bridgehead atoms. The number of hydrogen-bond donors (Lipinski definition) is 2. The van der Waals surface area contributed by atoms with Crippen LogP contribution in [0.25, 0.3) is 0 Å². The van der Waals surface area contributed by atoms with Gasteiger partial charge in [0, 0.05) is 25.7 Å². The molecule has 1 saturated carbocycles. The van der Waals surface area contributed by atoms with Gasteiger partial charge in [0.15, 0.2) is 0 Å². The number of hydrogen-bond acceptors (Lipinski definition) is 3. The van der Waals surface area contributed by atoms with Crippen molar-refractivity contribution in [2.75, 3.05) is 19.6 Å². The van der Waals surface area contributed by atoms with Crippen LogP contribution in [0.5, 0.6) is 0 Å². The molecule has 4 unspecified atom stereocenters. The van der Waals surface area contributed by atoms with Crippen molar-refractivity contribution >= 4 is 12.1 Å². The highest BCUT2D eigenvalue weighted by Gasteiger charge is 2.30. The molecule has 1 heterocycles. The van der Waals surface area contributed by atoms with Gasteiger partial charge in [0.2, 0.25) is 0 Å². The largest absolute Gasteiger partial charge is 0.444 e. The van der Waals surface area contributed by atoms with Gasteiger partial charge in [-0.25, -0.2) is 9.59 Å². The summed E-state index contributed by atoms with van der Waals surface area (Å²) in [4.78, 5) is 26.4. The first-order chi connectivity index (χ1) is 12.1. The Morgan fingerprint density at radius 1 is 1.15 bits per heavy atom. The number of alkyl carbamates (subject to hydrolysis) is 1. The molecule has 26 heavy (non-hydrogen) atoms. The van der Waals surface area contributed by atoms with Gasteiger partial charge in [-0.2, -0.15) is 0 Å². The second-order valence-corrected chi connectivity index (χ2v) is 9.29. The third kappa shape index (κ3) is 6.69. The lowest BCUT2D eigenvalue weighted by molar-refractivity contribution is 0.0511. The Balaban J connectivity index is 1.76. The summed E-state index contributed by atoms with van der Waals surface area (Å²) in [5.74, 6) is 1.58. The van der Waals surface area contributed by atoms with E-state index in [9.17, 15) is 9.59 Å². The average molecular weight is 368 g/mol. The zero-order valence-corrected chi connectivity index (χ0v) is 17.1. The van der Waals surface area contributed by atoms with Gasteiger partial charge in [0.25, 0.3) is 0 Å². The maximum Gasteiger partial charge on any atom is 0.407 e. The molecule has 0 spiro atoms. The molecule has 6 nitrogen and oxygen atoms in total. The lowest BCUT2D eigenvalue weighted by atomic mass is 9.80. The number of amides is 3. The highest BCUT2D eigenvalue weighted by molar-refractivity contribution is 5.74. The van der Waals surface area contributed by atoms with Crippen LogP contribution in [0.2, 0.25) is 0 Å². The summed E-state index contributed by atoms with van der Waals surface area (Å²) >= 11 is 0. The number of nitrogens with zero attached hydrogens (tertiary/aromatic N) is 1. The summed E-state index contributed by atoms with van der Waals surface area (Å²) in [7, 11) is 0. The number of carbonyl (C=O) groups excluding carboxylic acids is 2. The van der Waals surface area contributed by atoms with Crippen LogP contribution >= 0.6 is 0 Å². The highest BCUT2D eigenvalue weighted by atomic mass is 16.6. The lowest BCUT2D eigenvalue weighted by Crippen LogP contribution is -2.52. The van der Waals surface area contributed by atoms with Crippen LogP contribution in [-0.4, -0.2) is 48.3 Å². The van der Waals surface area contributed by atoms with E-state index in [0.29, 0.717) is 25.0 Å². The van der Waals surface area contributed by atoms with Crippen LogP contribution in [0.15, 0.2) is 0 Å². The van der Waals surface area contributed by atoms with Crippen molar-refractivity contribution in [3.05, 3.63) is 0 Å². The fraction of sp³-hybridized carbons (Fsp3) is 0.900. The third-order valence-electron chi connectivity index (χ3n) is 5.48. The zero-order chi connectivity index (χ0) is 19.3. The van der Waals surface area contributed by atoms with Crippen LogP contribution in [0.4, 0.5) is 9.59 Å². The SMILES string of the molecule is CC1CCC(NC(=O)N2CCCC(CNC(=O)OC(C)(C)C)C2)C(C)C1. The molecule has 2 N–H and O–H groups in total. The van der Waals surface area contributed by atoms with Crippen molar-refractivity contribution in [2.24, 2.45) is 17.8 Å². The molecule has 1 saturated heterocycles. The average Bonchev–Trinajstić information content (AvgIpc) is 2.54. The van der Waals surface area contributed by atoms with Crippen LogP contribution in [0.1, 0.15) is 66.7 Å². The van der Waals surface area contributed by atoms with Crippen LogP contribution in [0.3, 0.4) is 0 Å². The van der Waals surface area contributed by atoms with Crippen molar-refractivity contribution < 1.29 is 14.3 Å². The van der Waals surface area contributed by atoms with Gasteiger partial charge >= 0.3 is 12.1 Å². The molecule has 150 valence electrons. The standard InChI is InChI=1S/C20H37N3O3/c1-14-8-9-17(15(2)11-14)22-18(24)23-10-6-7-16(13-23)12-21-19(25)26-20(3,4)5/h14-17H,6-13H2,1-5H3,(H,21,25)(H,22,24). The van der Waals surface area contributed by atoms with Crippen molar-refractivity contribution in [1.82, 2.24) is 15.5 Å². The Kier molecular flexibility index (Phi) is 7.18. The number of ether oxygens (including phenoxy) is 1. The van der Waals surface area contributed by atoms with Crippen LogP contribution in [0, 0.1) is 17.8 Å². The number of carbonyl (C=O) groups is 2. The molecule has 2 rings (SSSR count). The van der Waals surface area contributed by atoms with E-state index in [1.54, 1.807) is 0 Å². The molecule has 0 aromatic rings. The maximum atomic E-state index is 12.7. The van der Waals surface area contributed by atoms with E-state index in [4.69, 9.17) is 4.74 Å². The summed E-state index contributed by atoms with van der Waals surface area (Å²) < 4.78 is 5.28. The van der Waals surface area contributed by atoms with Gasteiger partial charge in [0.1, 0.15) is 5.60 Å². The highest BCUT2D eigenvalue weighted by Crippen LogP contribution is 2.29. The number of urea groups is 1. The van der Waals surface area contributed by atoms with Gasteiger partial charge in [-0.05, 0) is 70.6 Å². The molecule has 2 aliphatic rings. The van der Waals surface area contributed by atoms with Gasteiger partial charge < -0.3 is 20.3 Å². The maximum absolute atomic E-state index is 12.7. The van der Waals surface area contributed by atoms with Gasteiger partial charge in [-0.15, -0.1) is 0 Å². The van der Waals surface area contributed by atoms with Crippen molar-refractivity contribution in [2.45, 2.75) is 78.4 Å². The van der Waals surface area contributed by atoms with Gasteiger partial charge in [-0.3, -0.25) is 0 Å². The molecule has 0 aromatic carbocycles. The van der Waals surface area contributed by atoms with E-state index in [1.165, 1.54) is 12.8 Å². The predicted molar refractivity (Wildman–Crippen MR) is 103 cm³/mol. The van der Waals surface area contributed by atoms with Crippen molar-refractivity contribution in [3.8, 4) is 0 Å². The van der Waals surface area contributed by atoms with E-state index in [0.717, 1.165) is 31.7 Å². The first kappa shape index (κ1) is 20.8. The minimum atomic E-state index is -0.489. The first-order valence-electron chi connectivity index (χ1n) is 10.2. The van der Waals surface area contributed by atoms with Gasteiger partial charge in [-0.1, -0.05) is 13.8 Å². The second kappa shape index (κ2) is 8.96. The minimum absolute atomic E-state index is 0.0540. The molecule has 4 atom stereocenters. The van der Waals surface area contributed by atoms with Crippen molar-refractivity contribution in [3.63, 3.8) is 0 Å². The molecule has 1 aliphatic carbocycles. The van der Waals surface area contributed by atoms with Crippen LogP contribution in [-0.2, 0) is 4.74 Å². The molecule has 2 fully saturated rings. The number of piperidine rings is 1. The van der Waals surface area contributed by atoms with Crippen LogP contribution < -0.4 is 10.6 Å². The summed E-state index contributed by atoms with van der Waals surface area (Å²) in [6.07, 6.45) is 5.07. The first-order valence-corrected chi connectivity index (χ1v) is 10.2. The summed E-state index contributed by atoms with van der Waals surface area (Å²) in [5.41, 5.74) is -0.489. The molecule has 1 aliphatic heterocycles. The number of rotatable bonds is 3. The van der Waals surface area contributed by atoms with E-state index >= 15 is 0 Å². The Hall–Kier alpha value is -1.46. The van der Waals surface area contributed by atoms with Crippen molar-refractivity contribution in [1.29, 1.82) is 0 Å². The zero-order valence-electron chi connectivity index (χ0n) is 17.1. The fourth-order valence-corrected chi connectivity index (χ4v) is 4.09. The van der Waals surface area contributed by atoms with Gasteiger partial charge in [0.05, 0.1) is 0 Å². The topological polar surface area (TPSA) is 70.7 Å². The summed E-state index contributed by atoms with van der Waals surface area (Å²) in [5, 5.41) is 6.09. The molecular formula is C20H37N3O3. The number of nitrogens with one attached hydrogen (secondary N) is 2. The Bertz CT molecular complexity index is 489. The molecule has 0 radical (unpaired) electrons. The third-order valence-corrected chi connectivity index (χ3v) is 5.48. The predicted octanol–water partition coefficient (Wildman–Crippen LogP) is 3.76. The quantitative estimate of drug-likeness (QED) is 0.798. The molecule has 6 heteroatoms. The normalized spacial score (nSPS) is 29.8. The summed E-state index contributed by atoms with van der Waals surface area (Å²) in [6.45, 7) is 12.1. The molecular weight excluding hydrogens is 330 g/mol. The van der Waals surface area contributed by atoms with E-state index in [-0.39, 0.29) is 18.0 Å². The number of likely N-dealkylation sites (tertiary alicyclic amines) is 1.